The third kappa shape index (κ3) is 3.63. The first-order valence-electron chi connectivity index (χ1n) is 7.04. The van der Waals surface area contributed by atoms with E-state index in [4.69, 9.17) is 4.74 Å². The molecule has 0 bridgehead atoms. The highest BCUT2D eigenvalue weighted by Gasteiger charge is 2.13. The summed E-state index contributed by atoms with van der Waals surface area (Å²) in [5.41, 5.74) is 0.946. The van der Waals surface area contributed by atoms with Crippen molar-refractivity contribution in [3.8, 4) is 17.0 Å². The van der Waals surface area contributed by atoms with Crippen LogP contribution in [-0.4, -0.2) is 18.0 Å². The van der Waals surface area contributed by atoms with E-state index in [0.717, 1.165) is 23.5 Å². The number of nitrogens with zero attached hydrogens (tertiary/aromatic N) is 1. The van der Waals surface area contributed by atoms with Crippen molar-refractivity contribution >= 4 is 22.4 Å². The average molecular weight is 364 g/mol. The first-order chi connectivity index (χ1) is 12.0. The van der Waals surface area contributed by atoms with Gasteiger partial charge in [0.25, 0.3) is 5.91 Å². The van der Waals surface area contributed by atoms with Crippen LogP contribution in [0.4, 0.5) is 18.3 Å². The summed E-state index contributed by atoms with van der Waals surface area (Å²) in [5.74, 6) is -3.18. The van der Waals surface area contributed by atoms with E-state index < -0.39 is 23.4 Å². The number of anilines is 1. The van der Waals surface area contributed by atoms with Crippen LogP contribution in [0.5, 0.6) is 5.75 Å². The van der Waals surface area contributed by atoms with Gasteiger partial charge in [0.05, 0.1) is 12.8 Å². The highest BCUT2D eigenvalue weighted by atomic mass is 32.1. The van der Waals surface area contributed by atoms with E-state index in [2.05, 4.69) is 10.3 Å². The second-order valence-corrected chi connectivity index (χ2v) is 5.83. The molecule has 0 atom stereocenters. The summed E-state index contributed by atoms with van der Waals surface area (Å²) >= 11 is 1.13. The number of amides is 1. The fourth-order valence-corrected chi connectivity index (χ4v) is 2.81. The number of ether oxygens (including phenoxy) is 1. The zero-order chi connectivity index (χ0) is 18.0. The van der Waals surface area contributed by atoms with E-state index in [1.54, 1.807) is 11.4 Å². The van der Waals surface area contributed by atoms with Crippen molar-refractivity contribution in [2.24, 2.45) is 0 Å². The normalized spacial score (nSPS) is 10.6. The van der Waals surface area contributed by atoms with Crippen LogP contribution < -0.4 is 10.1 Å². The Morgan fingerprint density at radius 3 is 2.56 bits per heavy atom. The smallest absolute Gasteiger partial charge is 0.257 e. The van der Waals surface area contributed by atoms with E-state index in [1.807, 2.05) is 0 Å². The summed E-state index contributed by atoms with van der Waals surface area (Å²) in [4.78, 5) is 16.2. The van der Waals surface area contributed by atoms with Gasteiger partial charge >= 0.3 is 0 Å². The molecule has 0 spiro atoms. The highest BCUT2D eigenvalue weighted by Crippen LogP contribution is 2.28. The topological polar surface area (TPSA) is 51.2 Å². The van der Waals surface area contributed by atoms with Crippen LogP contribution in [0, 0.1) is 17.5 Å². The van der Waals surface area contributed by atoms with Gasteiger partial charge in [-0.1, -0.05) is 0 Å². The molecule has 2 aromatic carbocycles. The molecule has 128 valence electrons. The monoisotopic (exact) mass is 364 g/mol. The molecule has 3 aromatic rings. The van der Waals surface area contributed by atoms with Crippen molar-refractivity contribution in [3.05, 3.63) is 64.8 Å². The van der Waals surface area contributed by atoms with Gasteiger partial charge < -0.3 is 4.74 Å². The molecule has 0 unspecified atom stereocenters. The molecule has 0 fully saturated rings. The Labute approximate surface area is 144 Å². The van der Waals surface area contributed by atoms with E-state index in [1.165, 1.54) is 25.3 Å². The van der Waals surface area contributed by atoms with Crippen LogP contribution in [0.2, 0.25) is 0 Å². The number of hydrogen-bond acceptors (Lipinski definition) is 4. The molecule has 0 aliphatic rings. The summed E-state index contributed by atoms with van der Waals surface area (Å²) in [5, 5.41) is 4.38. The van der Waals surface area contributed by atoms with Gasteiger partial charge in [-0.05, 0) is 36.4 Å². The van der Waals surface area contributed by atoms with Crippen molar-refractivity contribution in [2.45, 2.75) is 0 Å². The molecule has 0 saturated carbocycles. The number of hydrogen-bond donors (Lipinski definition) is 1. The third-order valence-corrected chi connectivity index (χ3v) is 4.11. The Bertz CT molecular complexity index is 943. The molecule has 8 heteroatoms. The molecular weight excluding hydrogens is 353 g/mol. The number of halogens is 3. The number of carbonyl (C=O) groups excluding carboxylic acids is 1. The molecule has 1 heterocycles. The van der Waals surface area contributed by atoms with Crippen molar-refractivity contribution in [2.75, 3.05) is 12.4 Å². The van der Waals surface area contributed by atoms with Gasteiger partial charge in [0.15, 0.2) is 28.3 Å². The van der Waals surface area contributed by atoms with Crippen LogP contribution in [0.3, 0.4) is 0 Å². The molecule has 0 saturated heterocycles. The lowest BCUT2D eigenvalue weighted by atomic mass is 10.1. The van der Waals surface area contributed by atoms with Crippen molar-refractivity contribution in [1.29, 1.82) is 0 Å². The second-order valence-electron chi connectivity index (χ2n) is 4.97. The average Bonchev–Trinajstić information content (AvgIpc) is 3.05. The van der Waals surface area contributed by atoms with Crippen molar-refractivity contribution in [3.63, 3.8) is 0 Å². The highest BCUT2D eigenvalue weighted by molar-refractivity contribution is 7.14. The van der Waals surface area contributed by atoms with Crippen LogP contribution in [0.1, 0.15) is 10.4 Å². The van der Waals surface area contributed by atoms with E-state index >= 15 is 0 Å². The molecule has 25 heavy (non-hydrogen) atoms. The first kappa shape index (κ1) is 17.0. The van der Waals surface area contributed by atoms with E-state index in [0.29, 0.717) is 11.3 Å². The summed E-state index contributed by atoms with van der Waals surface area (Å²) in [6.07, 6.45) is 0. The SMILES string of the molecule is COc1ccc(-c2csc(NC(=O)c3ccc(F)c(F)c3)n2)cc1F. The number of methoxy groups -OCH3 is 1. The summed E-state index contributed by atoms with van der Waals surface area (Å²) < 4.78 is 44.7. The lowest BCUT2D eigenvalue weighted by Crippen LogP contribution is -2.12. The van der Waals surface area contributed by atoms with Gasteiger partial charge in [0, 0.05) is 16.5 Å². The standard InChI is InChI=1S/C17H11F3N2O2S/c1-24-15-5-3-9(6-13(15)20)14-8-25-17(21-14)22-16(23)10-2-4-11(18)12(19)7-10/h2-8H,1H3,(H,21,22,23). The number of carbonyl (C=O) groups is 1. The second kappa shape index (κ2) is 6.94. The van der Waals surface area contributed by atoms with Crippen LogP contribution in [-0.2, 0) is 0 Å². The first-order valence-corrected chi connectivity index (χ1v) is 7.91. The molecule has 1 amide bonds. The summed E-state index contributed by atoms with van der Waals surface area (Å²) in [6, 6.07) is 7.23. The van der Waals surface area contributed by atoms with Gasteiger partial charge in [0.2, 0.25) is 0 Å². The molecule has 1 aromatic heterocycles. The van der Waals surface area contributed by atoms with E-state index in [-0.39, 0.29) is 16.4 Å². The fourth-order valence-electron chi connectivity index (χ4n) is 2.10. The Kier molecular flexibility index (Phi) is 4.71. The number of rotatable bonds is 4. The van der Waals surface area contributed by atoms with Gasteiger partial charge in [-0.15, -0.1) is 11.3 Å². The third-order valence-electron chi connectivity index (χ3n) is 3.35. The fraction of sp³-hybridized carbons (Fsp3) is 0.0588. The summed E-state index contributed by atoms with van der Waals surface area (Å²) in [6.45, 7) is 0. The van der Waals surface area contributed by atoms with Crippen LogP contribution in [0.25, 0.3) is 11.3 Å². The number of benzene rings is 2. The molecule has 0 aliphatic heterocycles. The Morgan fingerprint density at radius 2 is 1.88 bits per heavy atom. The number of nitrogens with one attached hydrogen (secondary N) is 1. The maximum atomic E-state index is 13.8. The van der Waals surface area contributed by atoms with Gasteiger partial charge in [-0.3, -0.25) is 10.1 Å². The summed E-state index contributed by atoms with van der Waals surface area (Å²) in [7, 11) is 1.37. The minimum Gasteiger partial charge on any atom is -0.494 e. The minimum absolute atomic E-state index is 0.0360. The lowest BCUT2D eigenvalue weighted by Gasteiger charge is -2.03. The maximum absolute atomic E-state index is 13.8. The molecular formula is C17H11F3N2O2S. The largest absolute Gasteiger partial charge is 0.494 e. The molecule has 0 aliphatic carbocycles. The number of aromatic nitrogens is 1. The maximum Gasteiger partial charge on any atom is 0.257 e. The Hall–Kier alpha value is -2.87. The zero-order valence-electron chi connectivity index (χ0n) is 12.8. The molecule has 4 nitrogen and oxygen atoms in total. The lowest BCUT2D eigenvalue weighted by molar-refractivity contribution is 0.102. The van der Waals surface area contributed by atoms with Gasteiger partial charge in [-0.2, -0.15) is 0 Å². The molecule has 0 radical (unpaired) electrons. The zero-order valence-corrected chi connectivity index (χ0v) is 13.7. The Morgan fingerprint density at radius 1 is 1.08 bits per heavy atom. The minimum atomic E-state index is -1.11. The predicted molar refractivity (Wildman–Crippen MR) is 88.4 cm³/mol. The van der Waals surface area contributed by atoms with Gasteiger partial charge in [0.1, 0.15) is 0 Å². The predicted octanol–water partition coefficient (Wildman–Crippen LogP) is 4.49. The quantitative estimate of drug-likeness (QED) is 0.742. The van der Waals surface area contributed by atoms with Crippen molar-refractivity contribution < 1.29 is 22.7 Å². The molecule has 3 rings (SSSR count). The Balaban J connectivity index is 1.78. The van der Waals surface area contributed by atoms with Crippen LogP contribution in [0.15, 0.2) is 41.8 Å². The van der Waals surface area contributed by atoms with Crippen molar-refractivity contribution in [1.82, 2.24) is 4.98 Å². The van der Waals surface area contributed by atoms with E-state index in [9.17, 15) is 18.0 Å². The number of thiazole rings is 1. The molecule has 1 N–H and O–H groups in total. The van der Waals surface area contributed by atoms with Crippen LogP contribution >= 0.6 is 11.3 Å². The van der Waals surface area contributed by atoms with Gasteiger partial charge in [-0.25, -0.2) is 18.2 Å².